The zero-order chi connectivity index (χ0) is 11.7. The minimum absolute atomic E-state index is 0.135. The molecule has 4 nitrogen and oxygen atoms in total. The van der Waals surface area contributed by atoms with Crippen LogP contribution in [0, 0.1) is 11.6 Å². The predicted octanol–water partition coefficient (Wildman–Crippen LogP) is 1.22. The Hall–Kier alpha value is -1.82. The van der Waals surface area contributed by atoms with Gasteiger partial charge in [0.05, 0.1) is 12.1 Å². The summed E-state index contributed by atoms with van der Waals surface area (Å²) >= 11 is 0. The lowest BCUT2D eigenvalue weighted by Gasteiger charge is -2.04. The number of halogens is 2. The van der Waals surface area contributed by atoms with Gasteiger partial charge in [-0.15, -0.1) is 10.2 Å². The van der Waals surface area contributed by atoms with Crippen molar-refractivity contribution in [3.05, 3.63) is 35.7 Å². The first kappa shape index (κ1) is 10.7. The molecule has 0 radical (unpaired) electrons. The molecule has 0 fully saturated rings. The van der Waals surface area contributed by atoms with E-state index in [4.69, 9.17) is 5.73 Å². The van der Waals surface area contributed by atoms with Gasteiger partial charge in [0.2, 0.25) is 0 Å². The van der Waals surface area contributed by atoms with E-state index in [2.05, 4.69) is 10.2 Å². The van der Waals surface area contributed by atoms with E-state index in [1.165, 1.54) is 22.8 Å². The molecule has 2 N–H and O–H groups in total. The fourth-order valence-electron chi connectivity index (χ4n) is 1.47. The number of nitrogens with zero attached hydrogens (tertiary/aromatic N) is 3. The summed E-state index contributed by atoms with van der Waals surface area (Å²) < 4.78 is 28.4. The standard InChI is InChI=1S/C10H10F2N4/c1-16-8(5-13)14-15-10(16)9-6(11)3-2-4-7(9)12/h2-4H,5,13H2,1H3. The molecule has 16 heavy (non-hydrogen) atoms. The fraction of sp³-hybridized carbons (Fsp3) is 0.200. The highest BCUT2D eigenvalue weighted by Crippen LogP contribution is 2.23. The number of hydrogen-bond acceptors (Lipinski definition) is 3. The average Bonchev–Trinajstić information content (AvgIpc) is 2.60. The van der Waals surface area contributed by atoms with Gasteiger partial charge in [0.1, 0.15) is 17.5 Å². The molecule has 0 bridgehead atoms. The fourth-order valence-corrected chi connectivity index (χ4v) is 1.47. The quantitative estimate of drug-likeness (QED) is 0.834. The lowest BCUT2D eigenvalue weighted by atomic mass is 10.2. The number of nitrogens with two attached hydrogens (primary N) is 1. The van der Waals surface area contributed by atoms with E-state index in [-0.39, 0.29) is 17.9 Å². The van der Waals surface area contributed by atoms with Gasteiger partial charge in [-0.2, -0.15) is 0 Å². The maximum absolute atomic E-state index is 13.5. The van der Waals surface area contributed by atoms with Crippen molar-refractivity contribution in [1.82, 2.24) is 14.8 Å². The Kier molecular flexibility index (Phi) is 2.66. The van der Waals surface area contributed by atoms with Gasteiger partial charge in [0, 0.05) is 7.05 Å². The molecule has 0 amide bonds. The summed E-state index contributed by atoms with van der Waals surface area (Å²) in [6.07, 6.45) is 0. The first-order valence-electron chi connectivity index (χ1n) is 4.68. The van der Waals surface area contributed by atoms with E-state index in [0.29, 0.717) is 5.82 Å². The molecule has 0 aliphatic carbocycles. The maximum atomic E-state index is 13.5. The van der Waals surface area contributed by atoms with Crippen LogP contribution in [0.3, 0.4) is 0 Å². The molecular formula is C10H10F2N4. The lowest BCUT2D eigenvalue weighted by Crippen LogP contribution is -2.06. The van der Waals surface area contributed by atoms with Crippen LogP contribution in [0.5, 0.6) is 0 Å². The van der Waals surface area contributed by atoms with Crippen LogP contribution in [0.2, 0.25) is 0 Å². The highest BCUT2D eigenvalue weighted by Gasteiger charge is 2.17. The van der Waals surface area contributed by atoms with E-state index in [1.54, 1.807) is 7.05 Å². The highest BCUT2D eigenvalue weighted by molar-refractivity contribution is 5.57. The van der Waals surface area contributed by atoms with Crippen molar-refractivity contribution in [2.45, 2.75) is 6.54 Å². The molecule has 0 saturated carbocycles. The molecule has 2 aromatic rings. The average molecular weight is 224 g/mol. The van der Waals surface area contributed by atoms with E-state index in [0.717, 1.165) is 0 Å². The Labute approximate surface area is 90.7 Å². The van der Waals surface area contributed by atoms with Crippen LogP contribution < -0.4 is 5.73 Å². The molecule has 0 atom stereocenters. The zero-order valence-corrected chi connectivity index (χ0v) is 8.61. The van der Waals surface area contributed by atoms with E-state index in [9.17, 15) is 8.78 Å². The molecule has 1 aromatic heterocycles. The molecule has 2 rings (SSSR count). The largest absolute Gasteiger partial charge is 0.324 e. The number of rotatable bonds is 2. The van der Waals surface area contributed by atoms with Gasteiger partial charge >= 0.3 is 0 Å². The van der Waals surface area contributed by atoms with Gasteiger partial charge in [-0.05, 0) is 12.1 Å². The van der Waals surface area contributed by atoms with Crippen LogP contribution in [0.1, 0.15) is 5.82 Å². The van der Waals surface area contributed by atoms with Gasteiger partial charge in [-0.3, -0.25) is 0 Å². The zero-order valence-electron chi connectivity index (χ0n) is 8.61. The van der Waals surface area contributed by atoms with Crippen molar-refractivity contribution < 1.29 is 8.78 Å². The van der Waals surface area contributed by atoms with Crippen molar-refractivity contribution in [3.8, 4) is 11.4 Å². The van der Waals surface area contributed by atoms with Crippen molar-refractivity contribution in [2.75, 3.05) is 0 Å². The third kappa shape index (κ3) is 1.57. The SMILES string of the molecule is Cn1c(CN)nnc1-c1c(F)cccc1F. The maximum Gasteiger partial charge on any atom is 0.169 e. The minimum atomic E-state index is -0.668. The van der Waals surface area contributed by atoms with Crippen LogP contribution in [0.4, 0.5) is 8.78 Å². The van der Waals surface area contributed by atoms with Crippen LogP contribution in [0.15, 0.2) is 18.2 Å². The van der Waals surface area contributed by atoms with Crippen molar-refractivity contribution >= 4 is 0 Å². The van der Waals surface area contributed by atoms with Gasteiger partial charge in [-0.1, -0.05) is 6.07 Å². The van der Waals surface area contributed by atoms with Gasteiger partial charge in [-0.25, -0.2) is 8.78 Å². The smallest absolute Gasteiger partial charge is 0.169 e. The van der Waals surface area contributed by atoms with Crippen LogP contribution >= 0.6 is 0 Å². The predicted molar refractivity (Wildman–Crippen MR) is 54.2 cm³/mol. The Morgan fingerprint density at radius 2 is 1.88 bits per heavy atom. The summed E-state index contributed by atoms with van der Waals surface area (Å²) in [6.45, 7) is 0.166. The summed E-state index contributed by atoms with van der Waals surface area (Å²) in [6, 6.07) is 3.65. The summed E-state index contributed by atoms with van der Waals surface area (Å²) in [5.74, 6) is -0.730. The topological polar surface area (TPSA) is 56.7 Å². The molecule has 0 spiro atoms. The van der Waals surface area contributed by atoms with Crippen LogP contribution in [-0.4, -0.2) is 14.8 Å². The van der Waals surface area contributed by atoms with Gasteiger partial charge in [0.25, 0.3) is 0 Å². The second-order valence-electron chi connectivity index (χ2n) is 3.30. The second kappa shape index (κ2) is 3.97. The molecule has 0 aliphatic rings. The summed E-state index contributed by atoms with van der Waals surface area (Å²) in [5.41, 5.74) is 5.22. The van der Waals surface area contributed by atoms with Gasteiger partial charge in [0.15, 0.2) is 5.82 Å². The third-order valence-corrected chi connectivity index (χ3v) is 2.33. The normalized spacial score (nSPS) is 10.8. The molecule has 84 valence electrons. The molecule has 0 aliphatic heterocycles. The van der Waals surface area contributed by atoms with Crippen molar-refractivity contribution in [1.29, 1.82) is 0 Å². The van der Waals surface area contributed by atoms with Crippen LogP contribution in [0.25, 0.3) is 11.4 Å². The van der Waals surface area contributed by atoms with Gasteiger partial charge < -0.3 is 10.3 Å². The Morgan fingerprint density at radius 1 is 1.25 bits per heavy atom. The first-order chi connectivity index (χ1) is 7.65. The summed E-state index contributed by atoms with van der Waals surface area (Å²) in [7, 11) is 1.61. The molecule has 0 saturated heterocycles. The summed E-state index contributed by atoms with van der Waals surface area (Å²) in [5, 5.41) is 7.48. The van der Waals surface area contributed by atoms with E-state index in [1.807, 2.05) is 0 Å². The Balaban J connectivity index is 2.63. The van der Waals surface area contributed by atoms with E-state index < -0.39 is 11.6 Å². The Morgan fingerprint density at radius 3 is 2.38 bits per heavy atom. The molecular weight excluding hydrogens is 214 g/mol. The first-order valence-corrected chi connectivity index (χ1v) is 4.68. The molecule has 6 heteroatoms. The Bertz CT molecular complexity index is 501. The van der Waals surface area contributed by atoms with Crippen LogP contribution in [-0.2, 0) is 13.6 Å². The highest BCUT2D eigenvalue weighted by atomic mass is 19.1. The number of benzene rings is 1. The number of aromatic nitrogens is 3. The third-order valence-electron chi connectivity index (χ3n) is 2.33. The van der Waals surface area contributed by atoms with E-state index >= 15 is 0 Å². The van der Waals surface area contributed by atoms with Crippen molar-refractivity contribution in [3.63, 3.8) is 0 Å². The minimum Gasteiger partial charge on any atom is -0.324 e. The number of hydrogen-bond donors (Lipinski definition) is 1. The summed E-state index contributed by atoms with van der Waals surface area (Å²) in [4.78, 5) is 0. The monoisotopic (exact) mass is 224 g/mol. The molecule has 1 heterocycles. The lowest BCUT2D eigenvalue weighted by molar-refractivity contribution is 0.585. The van der Waals surface area contributed by atoms with Crippen molar-refractivity contribution in [2.24, 2.45) is 12.8 Å². The molecule has 0 unspecified atom stereocenters. The second-order valence-corrected chi connectivity index (χ2v) is 3.30. The molecule has 1 aromatic carbocycles.